The molecule has 134 valence electrons. The number of halogens is 3. The molecule has 2 aromatic carbocycles. The molecule has 0 aliphatic heterocycles. The fourth-order valence-corrected chi connectivity index (χ4v) is 3.63. The summed E-state index contributed by atoms with van der Waals surface area (Å²) < 4.78 is 27.6. The molecule has 0 aliphatic carbocycles. The van der Waals surface area contributed by atoms with Crippen LogP contribution in [0, 0.1) is 11.6 Å². The molecule has 0 saturated heterocycles. The van der Waals surface area contributed by atoms with E-state index < -0.39 is 5.82 Å². The minimum absolute atomic E-state index is 0.0184. The number of benzene rings is 2. The van der Waals surface area contributed by atoms with Gasteiger partial charge in [0.2, 0.25) is 5.91 Å². The highest BCUT2D eigenvalue weighted by atomic mass is 79.9. The molecule has 0 aliphatic rings. The Labute approximate surface area is 162 Å². The van der Waals surface area contributed by atoms with Crippen molar-refractivity contribution in [2.24, 2.45) is 0 Å². The number of anilines is 1. The molecule has 0 spiro atoms. The van der Waals surface area contributed by atoms with E-state index >= 15 is 0 Å². The maximum atomic E-state index is 13.8. The van der Waals surface area contributed by atoms with E-state index in [4.69, 9.17) is 0 Å². The molecule has 1 heterocycles. The summed E-state index contributed by atoms with van der Waals surface area (Å²) in [6, 6.07) is 14.2. The van der Waals surface area contributed by atoms with Gasteiger partial charge in [-0.2, -0.15) is 0 Å². The quantitative estimate of drug-likeness (QED) is 0.563. The lowest BCUT2D eigenvalue weighted by Crippen LogP contribution is -2.31. The molecule has 3 aromatic rings. The topological polar surface area (TPSA) is 41.1 Å². The van der Waals surface area contributed by atoms with Crippen molar-refractivity contribution in [2.45, 2.75) is 6.04 Å². The summed E-state index contributed by atoms with van der Waals surface area (Å²) in [5.74, 6) is -1.20. The molecule has 1 unspecified atom stereocenters. The maximum Gasteiger partial charge on any atom is 0.238 e. The van der Waals surface area contributed by atoms with E-state index in [-0.39, 0.29) is 30.0 Å². The zero-order valence-electron chi connectivity index (χ0n) is 13.5. The second kappa shape index (κ2) is 8.53. The summed E-state index contributed by atoms with van der Waals surface area (Å²) in [5, 5.41) is 7.63. The zero-order chi connectivity index (χ0) is 18.5. The average molecular weight is 437 g/mol. The molecular formula is C19H15BrF2N2OS. The Kier molecular flexibility index (Phi) is 6.13. The normalized spacial score (nSPS) is 12.0. The summed E-state index contributed by atoms with van der Waals surface area (Å²) in [7, 11) is 0. The van der Waals surface area contributed by atoms with Crippen molar-refractivity contribution < 1.29 is 13.6 Å². The van der Waals surface area contributed by atoms with Gasteiger partial charge in [-0.15, -0.1) is 11.3 Å². The maximum absolute atomic E-state index is 13.8. The number of nitrogens with one attached hydrogen (secondary N) is 2. The summed E-state index contributed by atoms with van der Waals surface area (Å²) in [4.78, 5) is 13.2. The van der Waals surface area contributed by atoms with Crippen molar-refractivity contribution in [1.29, 1.82) is 0 Å². The SMILES string of the molecule is O=C(CNC(c1ccc(F)cc1)c1cccs1)Nc1ccc(Br)cc1F. The predicted octanol–water partition coefficient (Wildman–Crippen LogP) is 5.11. The first-order chi connectivity index (χ1) is 12.5. The number of carbonyl (C=O) groups excluding carboxylic acids is 1. The molecule has 2 N–H and O–H groups in total. The zero-order valence-corrected chi connectivity index (χ0v) is 15.9. The Morgan fingerprint density at radius 1 is 1.12 bits per heavy atom. The Balaban J connectivity index is 1.69. The van der Waals surface area contributed by atoms with Crippen molar-refractivity contribution in [3.8, 4) is 0 Å². The Hall–Kier alpha value is -2.09. The van der Waals surface area contributed by atoms with Crippen molar-refractivity contribution in [3.05, 3.63) is 86.5 Å². The Morgan fingerprint density at radius 2 is 1.88 bits per heavy atom. The highest BCUT2D eigenvalue weighted by Crippen LogP contribution is 2.26. The largest absolute Gasteiger partial charge is 0.322 e. The molecular weight excluding hydrogens is 422 g/mol. The van der Waals surface area contributed by atoms with Gasteiger partial charge in [-0.05, 0) is 47.3 Å². The predicted molar refractivity (Wildman–Crippen MR) is 103 cm³/mol. The van der Waals surface area contributed by atoms with Gasteiger partial charge in [0.25, 0.3) is 0 Å². The van der Waals surface area contributed by atoms with Crippen LogP contribution in [0.2, 0.25) is 0 Å². The fourth-order valence-electron chi connectivity index (χ4n) is 2.47. The van der Waals surface area contributed by atoms with E-state index in [1.807, 2.05) is 17.5 Å². The van der Waals surface area contributed by atoms with Crippen LogP contribution in [0.4, 0.5) is 14.5 Å². The van der Waals surface area contributed by atoms with Crippen LogP contribution in [0.5, 0.6) is 0 Å². The first-order valence-corrected chi connectivity index (χ1v) is 9.47. The molecule has 0 bridgehead atoms. The molecule has 0 radical (unpaired) electrons. The van der Waals surface area contributed by atoms with Gasteiger partial charge < -0.3 is 5.32 Å². The molecule has 7 heteroatoms. The third kappa shape index (κ3) is 4.75. The lowest BCUT2D eigenvalue weighted by Gasteiger charge is -2.18. The second-order valence-electron chi connectivity index (χ2n) is 5.55. The Bertz CT molecular complexity index is 885. The van der Waals surface area contributed by atoms with Gasteiger partial charge in [-0.25, -0.2) is 8.78 Å². The molecule has 0 saturated carbocycles. The van der Waals surface area contributed by atoms with Crippen LogP contribution >= 0.6 is 27.3 Å². The van der Waals surface area contributed by atoms with Gasteiger partial charge in [-0.1, -0.05) is 34.1 Å². The summed E-state index contributed by atoms with van der Waals surface area (Å²) >= 11 is 4.71. The number of hydrogen-bond acceptors (Lipinski definition) is 3. The minimum Gasteiger partial charge on any atom is -0.322 e. The van der Waals surface area contributed by atoms with Crippen LogP contribution in [0.3, 0.4) is 0 Å². The number of rotatable bonds is 6. The Morgan fingerprint density at radius 3 is 2.54 bits per heavy atom. The number of amides is 1. The molecule has 3 nitrogen and oxygen atoms in total. The van der Waals surface area contributed by atoms with Gasteiger partial charge >= 0.3 is 0 Å². The smallest absolute Gasteiger partial charge is 0.238 e. The minimum atomic E-state index is -0.513. The molecule has 0 fully saturated rings. The number of carbonyl (C=O) groups is 1. The molecule has 26 heavy (non-hydrogen) atoms. The van der Waals surface area contributed by atoms with Crippen LogP contribution in [0.15, 0.2) is 64.5 Å². The van der Waals surface area contributed by atoms with Crippen LogP contribution < -0.4 is 10.6 Å². The van der Waals surface area contributed by atoms with E-state index in [0.717, 1.165) is 10.4 Å². The van der Waals surface area contributed by atoms with Gasteiger partial charge in [0.1, 0.15) is 11.6 Å². The van der Waals surface area contributed by atoms with Crippen molar-refractivity contribution in [2.75, 3.05) is 11.9 Å². The molecule has 3 rings (SSSR count). The van der Waals surface area contributed by atoms with E-state index in [0.29, 0.717) is 4.47 Å². The first-order valence-electron chi connectivity index (χ1n) is 7.80. The first kappa shape index (κ1) is 18.7. The molecule has 1 aromatic heterocycles. The van der Waals surface area contributed by atoms with Crippen LogP contribution in [0.1, 0.15) is 16.5 Å². The van der Waals surface area contributed by atoms with Crippen LogP contribution in [0.25, 0.3) is 0 Å². The summed E-state index contributed by atoms with van der Waals surface area (Å²) in [6.45, 7) is -0.0184. The lowest BCUT2D eigenvalue weighted by molar-refractivity contribution is -0.115. The van der Waals surface area contributed by atoms with Gasteiger partial charge in [0.05, 0.1) is 18.3 Å². The molecule has 1 amide bonds. The van der Waals surface area contributed by atoms with E-state index in [1.165, 1.54) is 35.6 Å². The van der Waals surface area contributed by atoms with Crippen LogP contribution in [-0.2, 0) is 4.79 Å². The third-order valence-corrected chi connectivity index (χ3v) is 5.13. The van der Waals surface area contributed by atoms with Gasteiger partial charge in [0.15, 0.2) is 0 Å². The van der Waals surface area contributed by atoms with E-state index in [1.54, 1.807) is 18.2 Å². The number of thiophene rings is 1. The third-order valence-electron chi connectivity index (χ3n) is 3.70. The van der Waals surface area contributed by atoms with Crippen molar-refractivity contribution in [1.82, 2.24) is 5.32 Å². The molecule has 1 atom stereocenters. The van der Waals surface area contributed by atoms with E-state index in [2.05, 4.69) is 26.6 Å². The number of hydrogen-bond donors (Lipinski definition) is 2. The summed E-state index contributed by atoms with van der Waals surface area (Å²) in [6.07, 6.45) is 0. The van der Waals surface area contributed by atoms with Crippen molar-refractivity contribution >= 4 is 38.9 Å². The standard InChI is InChI=1S/C19H15BrF2N2OS/c20-13-5-8-16(15(22)10-13)24-18(25)11-23-19(17-2-1-9-26-17)12-3-6-14(21)7-4-12/h1-10,19,23H,11H2,(H,24,25). The second-order valence-corrected chi connectivity index (χ2v) is 7.45. The fraction of sp³-hybridized carbons (Fsp3) is 0.105. The lowest BCUT2D eigenvalue weighted by atomic mass is 10.1. The van der Waals surface area contributed by atoms with Crippen LogP contribution in [-0.4, -0.2) is 12.5 Å². The van der Waals surface area contributed by atoms with Gasteiger partial charge in [0, 0.05) is 9.35 Å². The monoisotopic (exact) mass is 436 g/mol. The highest BCUT2D eigenvalue weighted by Gasteiger charge is 2.17. The average Bonchev–Trinajstić information content (AvgIpc) is 3.13. The van der Waals surface area contributed by atoms with Gasteiger partial charge in [-0.3, -0.25) is 10.1 Å². The highest BCUT2D eigenvalue weighted by molar-refractivity contribution is 9.10. The van der Waals surface area contributed by atoms with Crippen molar-refractivity contribution in [3.63, 3.8) is 0 Å². The summed E-state index contributed by atoms with van der Waals surface area (Å²) in [5.41, 5.74) is 0.964. The van der Waals surface area contributed by atoms with E-state index in [9.17, 15) is 13.6 Å².